The molecule has 4 heteroatoms. The Morgan fingerprint density at radius 1 is 1.32 bits per heavy atom. The molecule has 0 fully saturated rings. The second-order valence-corrected chi connectivity index (χ2v) is 5.90. The molecule has 0 spiro atoms. The molecule has 0 aliphatic heterocycles. The molecule has 3 nitrogen and oxygen atoms in total. The molecule has 0 atom stereocenters. The monoisotopic (exact) mass is 306 g/mol. The predicted molar refractivity (Wildman–Crippen MR) is 89.2 cm³/mol. The highest BCUT2D eigenvalue weighted by Crippen LogP contribution is 2.29. The maximum Gasteiger partial charge on any atom is 0.134 e. The number of aromatic nitrogens is 1. The predicted octanol–water partition coefficient (Wildman–Crippen LogP) is 5.08. The molecule has 0 saturated heterocycles. The lowest BCUT2D eigenvalue weighted by Crippen LogP contribution is -1.86. The first-order chi connectivity index (χ1) is 10.7. The summed E-state index contributed by atoms with van der Waals surface area (Å²) >= 11 is 1.47. The van der Waals surface area contributed by atoms with Crippen LogP contribution < -0.4 is 0 Å². The van der Waals surface area contributed by atoms with Crippen LogP contribution in [0.2, 0.25) is 0 Å². The summed E-state index contributed by atoms with van der Waals surface area (Å²) in [5.74, 6) is 0.653. The number of rotatable bonds is 3. The van der Waals surface area contributed by atoms with E-state index in [1.54, 1.807) is 18.4 Å². The topological polar surface area (TPSA) is 49.8 Å². The molecule has 0 radical (unpaired) electrons. The third kappa shape index (κ3) is 2.85. The molecule has 1 aromatic carbocycles. The van der Waals surface area contributed by atoms with Crippen molar-refractivity contribution in [1.82, 2.24) is 4.98 Å². The fourth-order valence-electron chi connectivity index (χ4n) is 2.28. The minimum Gasteiger partial charge on any atom is -0.465 e. The Morgan fingerprint density at radius 3 is 2.86 bits per heavy atom. The molecule has 0 saturated carbocycles. The largest absolute Gasteiger partial charge is 0.465 e. The maximum absolute atomic E-state index is 9.36. The Morgan fingerprint density at radius 2 is 2.18 bits per heavy atom. The van der Waals surface area contributed by atoms with Crippen LogP contribution in [0.3, 0.4) is 0 Å². The Labute approximate surface area is 133 Å². The SMILES string of the molecule is Cc1ccc(-c2csc(C(C#N)=Cc3ccco3)n2)c(C)c1. The fraction of sp³-hybridized carbons (Fsp3) is 0.111. The van der Waals surface area contributed by atoms with E-state index >= 15 is 0 Å². The summed E-state index contributed by atoms with van der Waals surface area (Å²) in [4.78, 5) is 4.61. The quantitative estimate of drug-likeness (QED) is 0.634. The van der Waals surface area contributed by atoms with Gasteiger partial charge in [0.2, 0.25) is 0 Å². The van der Waals surface area contributed by atoms with Crippen molar-refractivity contribution in [3.05, 3.63) is 63.9 Å². The van der Waals surface area contributed by atoms with E-state index in [4.69, 9.17) is 4.42 Å². The van der Waals surface area contributed by atoms with Crippen molar-refractivity contribution in [3.63, 3.8) is 0 Å². The van der Waals surface area contributed by atoms with Crippen molar-refractivity contribution >= 4 is 23.0 Å². The van der Waals surface area contributed by atoms with Crippen LogP contribution >= 0.6 is 11.3 Å². The standard InChI is InChI=1S/C18H14N2OS/c1-12-5-6-16(13(2)8-12)17-11-22-18(20-17)14(10-19)9-15-4-3-7-21-15/h3-9,11H,1-2H3. The van der Waals surface area contributed by atoms with Crippen LogP contribution in [-0.2, 0) is 0 Å². The van der Waals surface area contributed by atoms with E-state index in [1.807, 2.05) is 11.4 Å². The Bertz CT molecular complexity index is 867. The van der Waals surface area contributed by atoms with E-state index in [1.165, 1.54) is 22.5 Å². The summed E-state index contributed by atoms with van der Waals surface area (Å²) in [6.45, 7) is 4.15. The molecule has 3 rings (SSSR count). The number of allylic oxidation sites excluding steroid dienone is 1. The van der Waals surface area contributed by atoms with Gasteiger partial charge in [0.05, 0.1) is 17.5 Å². The van der Waals surface area contributed by atoms with Crippen molar-refractivity contribution < 1.29 is 4.42 Å². The van der Waals surface area contributed by atoms with Gasteiger partial charge >= 0.3 is 0 Å². The normalized spacial score (nSPS) is 11.4. The first kappa shape index (κ1) is 14.3. The molecular weight excluding hydrogens is 292 g/mol. The highest BCUT2D eigenvalue weighted by Gasteiger charge is 2.11. The Kier molecular flexibility index (Phi) is 3.90. The number of hydrogen-bond acceptors (Lipinski definition) is 4. The van der Waals surface area contributed by atoms with E-state index in [9.17, 15) is 5.26 Å². The third-order valence-corrected chi connectivity index (χ3v) is 4.22. The van der Waals surface area contributed by atoms with E-state index in [2.05, 4.69) is 43.1 Å². The first-order valence-electron chi connectivity index (χ1n) is 6.86. The molecule has 3 aromatic rings. The number of aryl methyl sites for hydroxylation is 2. The van der Waals surface area contributed by atoms with Gasteiger partial charge in [-0.05, 0) is 31.5 Å². The van der Waals surface area contributed by atoms with E-state index < -0.39 is 0 Å². The van der Waals surface area contributed by atoms with Crippen LogP contribution in [0.4, 0.5) is 0 Å². The van der Waals surface area contributed by atoms with Gasteiger partial charge in [0.25, 0.3) is 0 Å². The van der Waals surface area contributed by atoms with Gasteiger partial charge < -0.3 is 4.42 Å². The second kappa shape index (κ2) is 6.00. The van der Waals surface area contributed by atoms with Gasteiger partial charge in [-0.15, -0.1) is 11.3 Å². The summed E-state index contributed by atoms with van der Waals surface area (Å²) in [5, 5.41) is 12.0. The van der Waals surface area contributed by atoms with Crippen molar-refractivity contribution in [2.45, 2.75) is 13.8 Å². The molecule has 22 heavy (non-hydrogen) atoms. The van der Waals surface area contributed by atoms with Gasteiger partial charge in [-0.3, -0.25) is 0 Å². The van der Waals surface area contributed by atoms with Crippen molar-refractivity contribution in [2.24, 2.45) is 0 Å². The van der Waals surface area contributed by atoms with E-state index in [0.29, 0.717) is 16.3 Å². The summed E-state index contributed by atoms with van der Waals surface area (Å²) in [7, 11) is 0. The van der Waals surface area contributed by atoms with Crippen LogP contribution in [0.25, 0.3) is 22.9 Å². The highest BCUT2D eigenvalue weighted by atomic mass is 32.1. The minimum absolute atomic E-state index is 0.510. The minimum atomic E-state index is 0.510. The molecule has 2 aromatic heterocycles. The molecule has 0 bridgehead atoms. The molecule has 2 heterocycles. The van der Waals surface area contributed by atoms with Gasteiger partial charge in [-0.2, -0.15) is 5.26 Å². The molecule has 0 unspecified atom stereocenters. The van der Waals surface area contributed by atoms with Gasteiger partial charge in [0.1, 0.15) is 16.8 Å². The summed E-state index contributed by atoms with van der Waals surface area (Å²) in [5.41, 5.74) is 4.93. The number of benzene rings is 1. The summed E-state index contributed by atoms with van der Waals surface area (Å²) in [6.07, 6.45) is 3.30. The average Bonchev–Trinajstić information content (AvgIpc) is 3.16. The highest BCUT2D eigenvalue weighted by molar-refractivity contribution is 7.11. The van der Waals surface area contributed by atoms with Crippen molar-refractivity contribution in [2.75, 3.05) is 0 Å². The first-order valence-corrected chi connectivity index (χ1v) is 7.74. The number of nitrogens with zero attached hydrogens (tertiary/aromatic N) is 2. The zero-order valence-electron chi connectivity index (χ0n) is 12.3. The van der Waals surface area contributed by atoms with Crippen LogP contribution in [-0.4, -0.2) is 4.98 Å². The molecule has 0 amide bonds. The van der Waals surface area contributed by atoms with Crippen LogP contribution in [0, 0.1) is 25.2 Å². The van der Waals surface area contributed by atoms with Crippen LogP contribution in [0.15, 0.2) is 46.4 Å². The van der Waals surface area contributed by atoms with Crippen molar-refractivity contribution in [1.29, 1.82) is 5.26 Å². The van der Waals surface area contributed by atoms with Crippen molar-refractivity contribution in [3.8, 4) is 17.3 Å². The third-order valence-electron chi connectivity index (χ3n) is 3.34. The zero-order valence-corrected chi connectivity index (χ0v) is 13.1. The van der Waals surface area contributed by atoms with Gasteiger partial charge in [-0.1, -0.05) is 23.8 Å². The lowest BCUT2D eigenvalue weighted by molar-refractivity contribution is 0.557. The van der Waals surface area contributed by atoms with Crippen LogP contribution in [0.1, 0.15) is 21.9 Å². The Balaban J connectivity index is 1.98. The van der Waals surface area contributed by atoms with Gasteiger partial charge in [0, 0.05) is 17.0 Å². The molecule has 108 valence electrons. The summed E-state index contributed by atoms with van der Waals surface area (Å²) < 4.78 is 5.26. The lowest BCUT2D eigenvalue weighted by Gasteiger charge is -2.03. The number of nitriles is 1. The average molecular weight is 306 g/mol. The van der Waals surface area contributed by atoms with Crippen LogP contribution in [0.5, 0.6) is 0 Å². The summed E-state index contributed by atoms with van der Waals surface area (Å²) in [6, 6.07) is 12.1. The van der Waals surface area contributed by atoms with E-state index in [-0.39, 0.29) is 0 Å². The maximum atomic E-state index is 9.36. The molecule has 0 aliphatic carbocycles. The lowest BCUT2D eigenvalue weighted by atomic mass is 10.0. The fourth-order valence-corrected chi connectivity index (χ4v) is 3.07. The van der Waals surface area contributed by atoms with Gasteiger partial charge in [-0.25, -0.2) is 4.98 Å². The van der Waals surface area contributed by atoms with E-state index in [0.717, 1.165) is 11.3 Å². The molecular formula is C18H14N2OS. The molecule has 0 aliphatic rings. The number of hydrogen-bond donors (Lipinski definition) is 0. The van der Waals surface area contributed by atoms with Gasteiger partial charge in [0.15, 0.2) is 0 Å². The number of thiazole rings is 1. The zero-order chi connectivity index (χ0) is 15.5. The number of furan rings is 1. The molecule has 0 N–H and O–H groups in total. The second-order valence-electron chi connectivity index (χ2n) is 5.04. The Hall–Kier alpha value is -2.64. The smallest absolute Gasteiger partial charge is 0.134 e.